The number of allylic oxidation sites excluding steroid dienone is 6. The van der Waals surface area contributed by atoms with Gasteiger partial charge in [-0.05, 0) is 45.0 Å². The van der Waals surface area contributed by atoms with Crippen molar-refractivity contribution in [2.45, 2.75) is 39.5 Å². The average molecular weight is 470 g/mol. The van der Waals surface area contributed by atoms with Crippen LogP contribution in [0.4, 0.5) is 32.2 Å². The number of fused-ring (bicyclic) bond motifs is 1. The molecular weight excluding hydrogens is 448 g/mol. The summed E-state index contributed by atoms with van der Waals surface area (Å²) in [7, 11) is 1.50. The number of rotatable bonds is 4. The second-order valence-corrected chi connectivity index (χ2v) is 6.43. The van der Waals surface area contributed by atoms with E-state index in [2.05, 4.69) is 15.8 Å². The van der Waals surface area contributed by atoms with Crippen molar-refractivity contribution in [3.63, 3.8) is 0 Å². The Morgan fingerprint density at radius 2 is 1.74 bits per heavy atom. The van der Waals surface area contributed by atoms with Crippen molar-refractivity contribution in [1.82, 2.24) is 14.8 Å². The van der Waals surface area contributed by atoms with Gasteiger partial charge in [-0.25, -0.2) is 9.67 Å². The Morgan fingerprint density at radius 1 is 1.16 bits per heavy atom. The fourth-order valence-corrected chi connectivity index (χ4v) is 2.86. The molecule has 0 fully saturated rings. The zero-order valence-corrected chi connectivity index (χ0v) is 17.9. The van der Waals surface area contributed by atoms with E-state index in [1.54, 1.807) is 26.0 Å². The van der Waals surface area contributed by atoms with Crippen LogP contribution in [0.2, 0.25) is 0 Å². The van der Waals surface area contributed by atoms with E-state index in [1.165, 1.54) is 13.1 Å². The third-order valence-corrected chi connectivity index (χ3v) is 4.32. The van der Waals surface area contributed by atoms with Crippen LogP contribution in [0.1, 0.15) is 38.4 Å². The summed E-state index contributed by atoms with van der Waals surface area (Å²) in [6, 6.07) is -0.0742. The molecule has 0 amide bonds. The van der Waals surface area contributed by atoms with E-state index in [1.807, 2.05) is 6.92 Å². The third-order valence-electron chi connectivity index (χ3n) is 4.02. The summed E-state index contributed by atoms with van der Waals surface area (Å²) in [5, 5.41) is 3.20. The van der Waals surface area contributed by atoms with E-state index >= 15 is 0 Å². The van der Waals surface area contributed by atoms with E-state index in [9.17, 15) is 26.3 Å². The topological polar surface area (TPSA) is 82.8 Å². The van der Waals surface area contributed by atoms with Gasteiger partial charge in [0, 0.05) is 0 Å². The minimum absolute atomic E-state index is 0.0742. The molecule has 0 aromatic carbocycles. The fourth-order valence-electron chi connectivity index (χ4n) is 2.54. The number of halogens is 7. The number of hydrogen-bond acceptors (Lipinski definition) is 4. The Kier molecular flexibility index (Phi) is 8.71. The predicted octanol–water partition coefficient (Wildman–Crippen LogP) is 5.97. The highest BCUT2D eigenvalue weighted by Crippen LogP contribution is 2.41. The highest BCUT2D eigenvalue weighted by atomic mass is 35.5. The number of aromatic nitrogens is 3. The molecule has 2 heterocycles. The van der Waals surface area contributed by atoms with Crippen LogP contribution in [0.3, 0.4) is 0 Å². The molecule has 31 heavy (non-hydrogen) atoms. The highest BCUT2D eigenvalue weighted by molar-refractivity contribution is 6.34. The number of nitrogens with two attached hydrogens (primary N) is 2. The Bertz CT molecular complexity index is 1020. The van der Waals surface area contributed by atoms with Crippen LogP contribution in [-0.4, -0.2) is 21.8 Å². The van der Waals surface area contributed by atoms with Gasteiger partial charge in [-0.1, -0.05) is 30.7 Å². The lowest BCUT2D eigenvalue weighted by atomic mass is 10.1. The molecule has 0 aliphatic rings. The standard InChI is InChI=1S/C18H17ClF6N4.CH5N/c1-4-6-7-11(19)14(9(3)5-2)29-15(26)13-10(17(20,21)22)8-12(18(23,24)25)27-16(13)28-29;1-2/h5-8H,4,26H2,1-3H3;2H2,1H3/b7-6-,9-5-,14-11-;. The third kappa shape index (κ3) is 5.79. The molecule has 0 radical (unpaired) electrons. The van der Waals surface area contributed by atoms with Gasteiger partial charge in [-0.15, -0.1) is 5.10 Å². The van der Waals surface area contributed by atoms with Gasteiger partial charge in [0.05, 0.1) is 21.7 Å². The van der Waals surface area contributed by atoms with Gasteiger partial charge >= 0.3 is 12.4 Å². The molecule has 0 unspecified atom stereocenters. The van der Waals surface area contributed by atoms with Crippen molar-refractivity contribution in [3.8, 4) is 0 Å². The van der Waals surface area contributed by atoms with Crippen molar-refractivity contribution in [3.05, 3.63) is 46.2 Å². The first-order valence-electron chi connectivity index (χ1n) is 8.94. The summed E-state index contributed by atoms with van der Waals surface area (Å²) in [4.78, 5) is 3.25. The van der Waals surface area contributed by atoms with E-state index in [-0.39, 0.29) is 16.8 Å². The zero-order chi connectivity index (χ0) is 24.1. The van der Waals surface area contributed by atoms with Gasteiger partial charge in [0.2, 0.25) is 0 Å². The summed E-state index contributed by atoms with van der Waals surface area (Å²) in [5.41, 5.74) is 6.95. The molecule has 0 aliphatic heterocycles. The van der Waals surface area contributed by atoms with Crippen molar-refractivity contribution in [2.24, 2.45) is 5.73 Å². The van der Waals surface area contributed by atoms with E-state index in [0.29, 0.717) is 12.0 Å². The van der Waals surface area contributed by atoms with Crippen molar-refractivity contribution in [1.29, 1.82) is 0 Å². The monoisotopic (exact) mass is 469 g/mol. The Balaban J connectivity index is 0.00000233. The smallest absolute Gasteiger partial charge is 0.383 e. The van der Waals surface area contributed by atoms with Gasteiger partial charge in [-0.3, -0.25) is 0 Å². The lowest BCUT2D eigenvalue weighted by Crippen LogP contribution is -2.13. The summed E-state index contributed by atoms with van der Waals surface area (Å²) < 4.78 is 80.5. The van der Waals surface area contributed by atoms with Gasteiger partial charge in [0.1, 0.15) is 11.5 Å². The minimum Gasteiger partial charge on any atom is -0.383 e. The number of alkyl halides is 6. The minimum atomic E-state index is -5.10. The molecule has 0 saturated heterocycles. The van der Waals surface area contributed by atoms with Crippen molar-refractivity contribution >= 4 is 34.1 Å². The van der Waals surface area contributed by atoms with Gasteiger partial charge in [0.15, 0.2) is 5.65 Å². The molecule has 0 aliphatic carbocycles. The molecule has 0 bridgehead atoms. The van der Waals surface area contributed by atoms with Crippen LogP contribution in [0.25, 0.3) is 16.7 Å². The quantitative estimate of drug-likeness (QED) is 0.427. The molecule has 2 aromatic heterocycles. The molecular formula is C19H22ClF6N5. The normalized spacial score (nSPS) is 14.0. The number of pyridine rings is 1. The van der Waals surface area contributed by atoms with Crippen LogP contribution in [-0.2, 0) is 12.4 Å². The summed E-state index contributed by atoms with van der Waals surface area (Å²) >= 11 is 6.28. The molecule has 2 rings (SSSR count). The molecule has 0 spiro atoms. The zero-order valence-electron chi connectivity index (χ0n) is 17.2. The molecule has 172 valence electrons. The highest BCUT2D eigenvalue weighted by Gasteiger charge is 2.41. The van der Waals surface area contributed by atoms with Crippen molar-refractivity contribution < 1.29 is 26.3 Å². The lowest BCUT2D eigenvalue weighted by molar-refractivity contribution is -0.144. The first-order chi connectivity index (χ1) is 14.3. The average Bonchev–Trinajstić information content (AvgIpc) is 3.02. The maximum Gasteiger partial charge on any atom is 0.433 e. The maximum atomic E-state index is 13.5. The maximum absolute atomic E-state index is 13.5. The number of hydrogen-bond donors (Lipinski definition) is 2. The number of anilines is 1. The predicted molar refractivity (Wildman–Crippen MR) is 110 cm³/mol. The van der Waals surface area contributed by atoms with Crippen molar-refractivity contribution in [2.75, 3.05) is 12.8 Å². The molecule has 5 nitrogen and oxygen atoms in total. The molecule has 2 aromatic rings. The lowest BCUT2D eigenvalue weighted by Gasteiger charge is -2.13. The largest absolute Gasteiger partial charge is 0.433 e. The summed E-state index contributed by atoms with van der Waals surface area (Å²) in [6.45, 7) is 5.11. The SMILES string of the molecule is CN.C\C=C(C)/C(=C(Cl)\C=C/CC)n1nc2nc(C(F)(F)F)cc(C(F)(F)F)c2c1N. The Morgan fingerprint density at radius 3 is 2.19 bits per heavy atom. The number of nitrogens with zero attached hydrogens (tertiary/aromatic N) is 3. The van der Waals surface area contributed by atoms with E-state index < -0.39 is 40.5 Å². The second-order valence-electron chi connectivity index (χ2n) is 6.03. The van der Waals surface area contributed by atoms with Crippen LogP contribution in [0.15, 0.2) is 34.9 Å². The van der Waals surface area contributed by atoms with Gasteiger partial charge in [0.25, 0.3) is 0 Å². The van der Waals surface area contributed by atoms with Crippen LogP contribution in [0, 0.1) is 0 Å². The fraction of sp³-hybridized carbons (Fsp3) is 0.368. The summed E-state index contributed by atoms with van der Waals surface area (Å²) in [5.74, 6) is -0.521. The second kappa shape index (κ2) is 10.2. The summed E-state index contributed by atoms with van der Waals surface area (Å²) in [6.07, 6.45) is -4.74. The molecule has 0 saturated carbocycles. The van der Waals surface area contributed by atoms with Gasteiger partial charge < -0.3 is 11.5 Å². The van der Waals surface area contributed by atoms with Gasteiger partial charge in [-0.2, -0.15) is 26.3 Å². The molecule has 0 atom stereocenters. The van der Waals surface area contributed by atoms with E-state index in [4.69, 9.17) is 17.3 Å². The van der Waals surface area contributed by atoms with E-state index in [0.717, 1.165) is 4.68 Å². The number of nitrogen functional groups attached to an aromatic ring is 1. The van der Waals surface area contributed by atoms with Crippen LogP contribution < -0.4 is 11.5 Å². The molecule has 4 N–H and O–H groups in total. The first kappa shape index (κ1) is 26.5. The Labute approximate surface area is 180 Å². The first-order valence-corrected chi connectivity index (χ1v) is 9.32. The van der Waals surface area contributed by atoms with Crippen LogP contribution >= 0.6 is 11.6 Å². The Hall–Kier alpha value is -2.53. The van der Waals surface area contributed by atoms with Crippen LogP contribution in [0.5, 0.6) is 0 Å². The molecule has 12 heteroatoms.